The Bertz CT molecular complexity index is 664. The van der Waals surface area contributed by atoms with Crippen molar-refractivity contribution in [2.24, 2.45) is 0 Å². The van der Waals surface area contributed by atoms with Crippen LogP contribution < -0.4 is 10.6 Å². The highest BCUT2D eigenvalue weighted by Crippen LogP contribution is 2.30. The second kappa shape index (κ2) is 6.70. The van der Waals surface area contributed by atoms with Gasteiger partial charge < -0.3 is 9.88 Å². The van der Waals surface area contributed by atoms with Crippen molar-refractivity contribution in [3.8, 4) is 0 Å². The summed E-state index contributed by atoms with van der Waals surface area (Å²) in [6, 6.07) is 0.244. The second-order valence-corrected chi connectivity index (χ2v) is 7.53. The molecule has 0 unspecified atom stereocenters. The molecule has 7 heteroatoms. The summed E-state index contributed by atoms with van der Waals surface area (Å²) in [6.45, 7) is 6.27. The van der Waals surface area contributed by atoms with E-state index >= 15 is 0 Å². The van der Waals surface area contributed by atoms with Crippen molar-refractivity contribution in [1.82, 2.24) is 19.9 Å². The van der Waals surface area contributed by atoms with E-state index in [2.05, 4.69) is 39.0 Å². The molecule has 1 fully saturated rings. The lowest BCUT2D eigenvalue weighted by Crippen LogP contribution is -2.40. The van der Waals surface area contributed by atoms with E-state index in [0.29, 0.717) is 11.0 Å². The third kappa shape index (κ3) is 3.55. The number of imidazole rings is 1. The van der Waals surface area contributed by atoms with E-state index < -0.39 is 0 Å². The highest BCUT2D eigenvalue weighted by atomic mass is 32.1. The third-order valence-corrected chi connectivity index (χ3v) is 5.21. The molecule has 0 aromatic carbocycles. The number of rotatable bonds is 4. The first kappa shape index (κ1) is 16.0. The first-order chi connectivity index (χ1) is 11.0. The largest absolute Gasteiger partial charge is 0.333 e. The van der Waals surface area contributed by atoms with Crippen molar-refractivity contribution in [3.05, 3.63) is 29.3 Å². The Balaban J connectivity index is 1.62. The minimum atomic E-state index is -0.175. The van der Waals surface area contributed by atoms with Crippen LogP contribution in [0.25, 0.3) is 0 Å². The fourth-order valence-electron chi connectivity index (χ4n) is 3.23. The van der Waals surface area contributed by atoms with Gasteiger partial charge in [0.1, 0.15) is 0 Å². The number of nitrogens with zero attached hydrogens (tertiary/aromatic N) is 3. The quantitative estimate of drug-likeness (QED) is 0.896. The van der Waals surface area contributed by atoms with Crippen LogP contribution in [0.1, 0.15) is 55.6 Å². The van der Waals surface area contributed by atoms with Gasteiger partial charge in [0.05, 0.1) is 24.1 Å². The lowest BCUT2D eigenvalue weighted by molar-refractivity contribution is 0.245. The number of aromatic nitrogens is 3. The van der Waals surface area contributed by atoms with E-state index in [9.17, 15) is 4.79 Å². The molecule has 0 saturated heterocycles. The Kier molecular flexibility index (Phi) is 4.66. The van der Waals surface area contributed by atoms with Gasteiger partial charge in [-0.1, -0.05) is 13.8 Å². The van der Waals surface area contributed by atoms with E-state index in [1.807, 2.05) is 19.4 Å². The van der Waals surface area contributed by atoms with Crippen LogP contribution in [-0.4, -0.2) is 26.6 Å². The number of amides is 2. The zero-order chi connectivity index (χ0) is 16.4. The fraction of sp³-hybridized carbons (Fsp3) is 0.562. The molecular weight excluding hydrogens is 310 g/mol. The Labute approximate surface area is 140 Å². The summed E-state index contributed by atoms with van der Waals surface area (Å²) < 4.78 is 2.09. The summed E-state index contributed by atoms with van der Waals surface area (Å²) >= 11 is 1.53. The molecule has 0 aliphatic heterocycles. The van der Waals surface area contributed by atoms with Gasteiger partial charge in [-0.15, -0.1) is 11.3 Å². The Morgan fingerprint density at radius 2 is 2.26 bits per heavy atom. The second-order valence-electron chi connectivity index (χ2n) is 6.33. The van der Waals surface area contributed by atoms with Crippen LogP contribution in [0.2, 0.25) is 0 Å². The van der Waals surface area contributed by atoms with Crippen molar-refractivity contribution in [2.75, 3.05) is 5.32 Å². The third-order valence-electron chi connectivity index (χ3n) is 4.30. The number of hydrogen-bond acceptors (Lipinski definition) is 4. The summed E-state index contributed by atoms with van der Waals surface area (Å²) in [5.41, 5.74) is 1.06. The number of aryl methyl sites for hydroxylation is 1. The van der Waals surface area contributed by atoms with Gasteiger partial charge in [0, 0.05) is 17.3 Å². The normalized spacial score (nSPS) is 20.9. The van der Waals surface area contributed by atoms with E-state index in [1.165, 1.54) is 11.3 Å². The zero-order valence-corrected chi connectivity index (χ0v) is 14.6. The standard InChI is InChI=1S/C16H23N5OS/c1-10(2)14-11(3)23-16(19-14)20-15(22)18-12-5-4-6-13(12)21-8-7-17-9-21/h7-10,12-13H,4-6H2,1-3H3,(H2,18,19,20,22)/t12-,13+/m1/s1. The van der Waals surface area contributed by atoms with Crippen molar-refractivity contribution in [1.29, 1.82) is 0 Å². The van der Waals surface area contributed by atoms with Crippen molar-refractivity contribution >= 4 is 22.5 Å². The summed E-state index contributed by atoms with van der Waals surface area (Å²) in [5, 5.41) is 6.64. The van der Waals surface area contributed by atoms with E-state index in [4.69, 9.17) is 0 Å². The number of carbonyl (C=O) groups excluding carboxylic acids is 1. The molecule has 23 heavy (non-hydrogen) atoms. The molecule has 6 nitrogen and oxygen atoms in total. The van der Waals surface area contributed by atoms with Crippen LogP contribution in [0.15, 0.2) is 18.7 Å². The summed E-state index contributed by atoms with van der Waals surface area (Å²) in [5.74, 6) is 0.366. The smallest absolute Gasteiger partial charge is 0.321 e. The number of anilines is 1. The molecular formula is C16H23N5OS. The van der Waals surface area contributed by atoms with Crippen LogP contribution >= 0.6 is 11.3 Å². The minimum absolute atomic E-state index is 0.134. The molecule has 3 rings (SSSR count). The molecule has 2 amide bonds. The highest BCUT2D eigenvalue weighted by molar-refractivity contribution is 7.15. The summed E-state index contributed by atoms with van der Waals surface area (Å²) in [6.07, 6.45) is 8.73. The van der Waals surface area contributed by atoms with E-state index in [-0.39, 0.29) is 18.1 Å². The van der Waals surface area contributed by atoms with Crippen molar-refractivity contribution in [2.45, 2.75) is 58.0 Å². The SMILES string of the molecule is Cc1sc(NC(=O)N[C@@H]2CCC[C@@H]2n2ccnc2)nc1C(C)C. The minimum Gasteiger partial charge on any atom is -0.333 e. The van der Waals surface area contributed by atoms with Crippen LogP contribution in [0.5, 0.6) is 0 Å². The van der Waals surface area contributed by atoms with Crippen LogP contribution in [0, 0.1) is 6.92 Å². The Hall–Kier alpha value is -1.89. The molecule has 0 spiro atoms. The number of thiazole rings is 1. The zero-order valence-electron chi connectivity index (χ0n) is 13.7. The van der Waals surface area contributed by atoms with Gasteiger partial charge in [0.15, 0.2) is 5.13 Å². The van der Waals surface area contributed by atoms with E-state index in [0.717, 1.165) is 29.8 Å². The van der Waals surface area contributed by atoms with Gasteiger partial charge in [0.25, 0.3) is 0 Å². The molecule has 2 heterocycles. The molecule has 2 aromatic heterocycles. The maximum absolute atomic E-state index is 12.3. The van der Waals surface area contributed by atoms with Crippen LogP contribution in [0.4, 0.5) is 9.93 Å². The highest BCUT2D eigenvalue weighted by Gasteiger charge is 2.29. The lowest BCUT2D eigenvalue weighted by Gasteiger charge is -2.22. The van der Waals surface area contributed by atoms with Gasteiger partial charge in [0.2, 0.25) is 0 Å². The average Bonchev–Trinajstić information content (AvgIpc) is 3.18. The first-order valence-corrected chi connectivity index (χ1v) is 8.88. The molecule has 0 bridgehead atoms. The van der Waals surface area contributed by atoms with Gasteiger partial charge in [-0.2, -0.15) is 0 Å². The molecule has 2 aromatic rings. The van der Waals surface area contributed by atoms with Gasteiger partial charge in [-0.3, -0.25) is 5.32 Å². The Morgan fingerprint density at radius 3 is 2.91 bits per heavy atom. The molecule has 2 atom stereocenters. The molecule has 0 radical (unpaired) electrons. The maximum atomic E-state index is 12.3. The topological polar surface area (TPSA) is 71.8 Å². The van der Waals surface area contributed by atoms with Gasteiger partial charge >= 0.3 is 6.03 Å². The average molecular weight is 333 g/mol. The van der Waals surface area contributed by atoms with Crippen LogP contribution in [-0.2, 0) is 0 Å². The van der Waals surface area contributed by atoms with Gasteiger partial charge in [-0.25, -0.2) is 14.8 Å². The summed E-state index contributed by atoms with van der Waals surface area (Å²) in [4.78, 5) is 22.1. The van der Waals surface area contributed by atoms with E-state index in [1.54, 1.807) is 6.20 Å². The molecule has 2 N–H and O–H groups in total. The predicted molar refractivity (Wildman–Crippen MR) is 92.0 cm³/mol. The fourth-order valence-corrected chi connectivity index (χ4v) is 4.19. The number of nitrogens with one attached hydrogen (secondary N) is 2. The van der Waals surface area contributed by atoms with Crippen molar-refractivity contribution < 1.29 is 4.79 Å². The molecule has 124 valence electrons. The predicted octanol–water partition coefficient (Wildman–Crippen LogP) is 3.69. The van der Waals surface area contributed by atoms with Crippen molar-refractivity contribution in [3.63, 3.8) is 0 Å². The lowest BCUT2D eigenvalue weighted by atomic mass is 10.1. The Morgan fingerprint density at radius 1 is 1.43 bits per heavy atom. The number of carbonyl (C=O) groups is 1. The van der Waals surface area contributed by atoms with Crippen LogP contribution in [0.3, 0.4) is 0 Å². The molecule has 1 aliphatic rings. The number of urea groups is 1. The molecule has 1 aliphatic carbocycles. The monoisotopic (exact) mass is 333 g/mol. The summed E-state index contributed by atoms with van der Waals surface area (Å²) in [7, 11) is 0. The van der Waals surface area contributed by atoms with Gasteiger partial charge in [-0.05, 0) is 32.1 Å². The first-order valence-electron chi connectivity index (χ1n) is 8.07. The molecule has 1 saturated carbocycles. The maximum Gasteiger partial charge on any atom is 0.321 e. The number of hydrogen-bond donors (Lipinski definition) is 2.